The summed E-state index contributed by atoms with van der Waals surface area (Å²) >= 11 is 0. The molecule has 1 unspecified atom stereocenters. The second-order valence-electron chi connectivity index (χ2n) is 9.94. The summed E-state index contributed by atoms with van der Waals surface area (Å²) in [5.74, 6) is 0. The molecule has 5 atom stereocenters. The highest BCUT2D eigenvalue weighted by Gasteiger charge is 2.54. The Morgan fingerprint density at radius 1 is 0.714 bits per heavy atom. The SMILES string of the molecule is CCCc1cccc(CC(O)(CCC)[C@@H](O)[C@@](O)(Cc2cccc(CCC)c2)[C@H](O)[C@@H](O)CO)c1. The molecule has 0 fully saturated rings. The van der Waals surface area contributed by atoms with Crippen LogP contribution >= 0.6 is 0 Å². The summed E-state index contributed by atoms with van der Waals surface area (Å²) in [7, 11) is 0. The molecule has 0 aromatic heterocycles. The largest absolute Gasteiger partial charge is 0.394 e. The zero-order chi connectivity index (χ0) is 26.1. The van der Waals surface area contributed by atoms with Gasteiger partial charge in [-0.3, -0.25) is 0 Å². The van der Waals surface area contributed by atoms with E-state index >= 15 is 0 Å². The van der Waals surface area contributed by atoms with Crippen LogP contribution in [0.5, 0.6) is 0 Å². The molecule has 6 nitrogen and oxygen atoms in total. The Balaban J connectivity index is 2.48. The normalized spacial score (nSPS) is 17.9. The average molecular weight is 489 g/mol. The topological polar surface area (TPSA) is 121 Å². The van der Waals surface area contributed by atoms with Crippen molar-refractivity contribution >= 4 is 0 Å². The second-order valence-corrected chi connectivity index (χ2v) is 9.94. The third-order valence-corrected chi connectivity index (χ3v) is 6.79. The van der Waals surface area contributed by atoms with E-state index in [4.69, 9.17) is 0 Å². The van der Waals surface area contributed by atoms with Gasteiger partial charge in [-0.05, 0) is 41.5 Å². The molecule has 0 heterocycles. The number of rotatable bonds is 15. The summed E-state index contributed by atoms with van der Waals surface area (Å²) in [6.45, 7) is 5.23. The average Bonchev–Trinajstić information content (AvgIpc) is 2.83. The highest BCUT2D eigenvalue weighted by atomic mass is 16.4. The van der Waals surface area contributed by atoms with Gasteiger partial charge in [0.2, 0.25) is 0 Å². The Morgan fingerprint density at radius 2 is 1.20 bits per heavy atom. The van der Waals surface area contributed by atoms with Gasteiger partial charge < -0.3 is 30.6 Å². The van der Waals surface area contributed by atoms with Gasteiger partial charge in [-0.1, -0.05) is 88.6 Å². The first-order valence-corrected chi connectivity index (χ1v) is 12.9. The van der Waals surface area contributed by atoms with Crippen LogP contribution < -0.4 is 0 Å². The molecule has 0 bridgehead atoms. The molecule has 0 aliphatic carbocycles. The predicted molar refractivity (Wildman–Crippen MR) is 138 cm³/mol. The number of aliphatic hydroxyl groups is 6. The number of aliphatic hydroxyl groups excluding tert-OH is 4. The number of benzene rings is 2. The fourth-order valence-corrected chi connectivity index (χ4v) is 5.06. The van der Waals surface area contributed by atoms with E-state index in [1.807, 2.05) is 49.4 Å². The first-order valence-electron chi connectivity index (χ1n) is 12.9. The second kappa shape index (κ2) is 13.5. The van der Waals surface area contributed by atoms with Gasteiger partial charge in [0.15, 0.2) is 0 Å². The molecule has 0 spiro atoms. The number of hydrogen-bond acceptors (Lipinski definition) is 6. The van der Waals surface area contributed by atoms with Gasteiger partial charge in [-0.15, -0.1) is 0 Å². The molecule has 2 rings (SSSR count). The molecule has 35 heavy (non-hydrogen) atoms. The van der Waals surface area contributed by atoms with Crippen molar-refractivity contribution < 1.29 is 30.6 Å². The van der Waals surface area contributed by atoms with Crippen LogP contribution in [0.2, 0.25) is 0 Å². The standard InChI is InChI=1S/C29H44O6/c1-4-9-21-11-7-13-23(16-21)18-28(34,15-6-3)27(33)29(35,26(32)25(31)20-30)19-24-14-8-12-22(17-24)10-5-2/h7-8,11-14,16-17,25-27,30-35H,4-6,9-10,15,18-20H2,1-3H3/t25-,26+,27+,28?,29+/m0/s1. The molecule has 6 heteroatoms. The monoisotopic (exact) mass is 488 g/mol. The Hall–Kier alpha value is -1.80. The van der Waals surface area contributed by atoms with Crippen LogP contribution in [0.15, 0.2) is 48.5 Å². The molecule has 196 valence electrons. The van der Waals surface area contributed by atoms with Crippen LogP contribution in [0.3, 0.4) is 0 Å². The Morgan fingerprint density at radius 3 is 1.66 bits per heavy atom. The molecular weight excluding hydrogens is 444 g/mol. The molecule has 0 saturated carbocycles. The van der Waals surface area contributed by atoms with Crippen molar-refractivity contribution in [3.05, 3.63) is 70.8 Å². The van der Waals surface area contributed by atoms with Crippen molar-refractivity contribution in [2.24, 2.45) is 0 Å². The minimum Gasteiger partial charge on any atom is -0.394 e. The maximum atomic E-state index is 11.8. The summed E-state index contributed by atoms with van der Waals surface area (Å²) in [6.07, 6.45) is -1.15. The zero-order valence-electron chi connectivity index (χ0n) is 21.4. The van der Waals surface area contributed by atoms with Crippen LogP contribution in [0.1, 0.15) is 68.7 Å². The summed E-state index contributed by atoms with van der Waals surface area (Å²) < 4.78 is 0. The number of aryl methyl sites for hydroxylation is 2. The molecule has 0 saturated heterocycles. The minimum absolute atomic E-state index is 0.0691. The van der Waals surface area contributed by atoms with E-state index < -0.39 is 36.1 Å². The lowest BCUT2D eigenvalue weighted by Gasteiger charge is -2.46. The maximum Gasteiger partial charge on any atom is 0.126 e. The first kappa shape index (κ1) is 29.4. The van der Waals surface area contributed by atoms with E-state index in [0.717, 1.165) is 42.4 Å². The summed E-state index contributed by atoms with van der Waals surface area (Å²) in [5, 5.41) is 65.7. The van der Waals surface area contributed by atoms with Crippen LogP contribution in [-0.4, -0.2) is 66.8 Å². The first-order chi connectivity index (χ1) is 16.6. The van der Waals surface area contributed by atoms with E-state index in [1.165, 1.54) is 0 Å². The summed E-state index contributed by atoms with van der Waals surface area (Å²) in [6, 6.07) is 15.3. The predicted octanol–water partition coefficient (Wildman–Crippen LogP) is 2.71. The lowest BCUT2D eigenvalue weighted by molar-refractivity contribution is -0.230. The fourth-order valence-electron chi connectivity index (χ4n) is 5.06. The zero-order valence-corrected chi connectivity index (χ0v) is 21.4. The van der Waals surface area contributed by atoms with Gasteiger partial charge in [0, 0.05) is 12.8 Å². The van der Waals surface area contributed by atoms with Gasteiger partial charge in [0.05, 0.1) is 12.2 Å². The van der Waals surface area contributed by atoms with Gasteiger partial charge in [-0.25, -0.2) is 0 Å². The smallest absolute Gasteiger partial charge is 0.126 e. The van der Waals surface area contributed by atoms with Gasteiger partial charge in [0.25, 0.3) is 0 Å². The third-order valence-electron chi connectivity index (χ3n) is 6.79. The lowest BCUT2D eigenvalue weighted by Crippen LogP contribution is -2.66. The van der Waals surface area contributed by atoms with Crippen molar-refractivity contribution in [2.75, 3.05) is 6.61 Å². The van der Waals surface area contributed by atoms with E-state index in [2.05, 4.69) is 13.8 Å². The highest BCUT2D eigenvalue weighted by molar-refractivity contribution is 5.28. The van der Waals surface area contributed by atoms with Gasteiger partial charge >= 0.3 is 0 Å². The molecule has 0 aliphatic heterocycles. The maximum absolute atomic E-state index is 11.8. The van der Waals surface area contributed by atoms with Crippen molar-refractivity contribution in [1.82, 2.24) is 0 Å². The van der Waals surface area contributed by atoms with Crippen LogP contribution in [0.25, 0.3) is 0 Å². The molecule has 2 aromatic carbocycles. The van der Waals surface area contributed by atoms with Crippen molar-refractivity contribution in [3.63, 3.8) is 0 Å². The molecule has 6 N–H and O–H groups in total. The van der Waals surface area contributed by atoms with Crippen molar-refractivity contribution in [2.45, 2.75) is 102 Å². The molecule has 0 radical (unpaired) electrons. The molecule has 2 aromatic rings. The molecular formula is C29H44O6. The molecule has 0 amide bonds. The van der Waals surface area contributed by atoms with E-state index in [9.17, 15) is 30.6 Å². The summed E-state index contributed by atoms with van der Waals surface area (Å²) in [4.78, 5) is 0. The van der Waals surface area contributed by atoms with Crippen molar-refractivity contribution in [3.8, 4) is 0 Å². The van der Waals surface area contributed by atoms with E-state index in [-0.39, 0.29) is 19.3 Å². The summed E-state index contributed by atoms with van der Waals surface area (Å²) in [5.41, 5.74) is -0.433. The van der Waals surface area contributed by atoms with Crippen LogP contribution in [0, 0.1) is 0 Å². The quantitative estimate of drug-likeness (QED) is 0.229. The third kappa shape index (κ3) is 7.59. The van der Waals surface area contributed by atoms with Gasteiger partial charge in [0.1, 0.15) is 23.9 Å². The Labute approximate surface area is 209 Å². The minimum atomic E-state index is -2.31. The van der Waals surface area contributed by atoms with E-state index in [0.29, 0.717) is 12.0 Å². The van der Waals surface area contributed by atoms with Crippen LogP contribution in [-0.2, 0) is 25.7 Å². The highest BCUT2D eigenvalue weighted by Crippen LogP contribution is 2.35. The Bertz CT molecular complexity index is 902. The fraction of sp³-hybridized carbons (Fsp3) is 0.586. The van der Waals surface area contributed by atoms with Gasteiger partial charge in [-0.2, -0.15) is 0 Å². The molecule has 0 aliphatic rings. The number of hydrogen-bond donors (Lipinski definition) is 6. The van der Waals surface area contributed by atoms with Crippen LogP contribution in [0.4, 0.5) is 0 Å². The van der Waals surface area contributed by atoms with Crippen molar-refractivity contribution in [1.29, 1.82) is 0 Å². The lowest BCUT2D eigenvalue weighted by atomic mass is 9.71. The Kier molecular flexibility index (Phi) is 11.3. The van der Waals surface area contributed by atoms with E-state index in [1.54, 1.807) is 6.07 Å².